The summed E-state index contributed by atoms with van der Waals surface area (Å²) in [7, 11) is 3.84. The molecule has 0 saturated heterocycles. The lowest BCUT2D eigenvalue weighted by Crippen LogP contribution is -2.05. The van der Waals surface area contributed by atoms with Crippen LogP contribution in [0.4, 0.5) is 5.82 Å². The molecule has 0 spiro atoms. The highest BCUT2D eigenvalue weighted by molar-refractivity contribution is 5.44. The lowest BCUT2D eigenvalue weighted by molar-refractivity contribution is 0.805. The molecular formula is C11H15N5. The molecule has 0 aliphatic rings. The molecule has 0 bridgehead atoms. The van der Waals surface area contributed by atoms with Crippen LogP contribution in [0.1, 0.15) is 17.1 Å². The van der Waals surface area contributed by atoms with Crippen LogP contribution in [0, 0.1) is 6.92 Å². The molecule has 0 atom stereocenters. The van der Waals surface area contributed by atoms with Crippen LogP contribution in [-0.2, 0) is 13.5 Å². The van der Waals surface area contributed by atoms with Crippen LogP contribution < -0.4 is 5.32 Å². The molecule has 5 nitrogen and oxygen atoms in total. The monoisotopic (exact) mass is 217 g/mol. The number of rotatable bonds is 3. The molecule has 0 unspecified atom stereocenters. The molecule has 2 heterocycles. The Bertz CT molecular complexity index is 489. The quantitative estimate of drug-likeness (QED) is 0.838. The minimum absolute atomic E-state index is 0.729. The Labute approximate surface area is 94.6 Å². The zero-order valence-electron chi connectivity index (χ0n) is 9.73. The van der Waals surface area contributed by atoms with Gasteiger partial charge in [0.25, 0.3) is 0 Å². The fourth-order valence-corrected chi connectivity index (χ4v) is 1.63. The average molecular weight is 217 g/mol. The molecule has 2 aromatic heterocycles. The summed E-state index contributed by atoms with van der Waals surface area (Å²) in [6.07, 6.45) is 6.04. The van der Waals surface area contributed by atoms with Crippen molar-refractivity contribution in [2.24, 2.45) is 7.05 Å². The number of aryl methyl sites for hydroxylation is 1. The van der Waals surface area contributed by atoms with Crippen molar-refractivity contribution in [3.05, 3.63) is 35.8 Å². The van der Waals surface area contributed by atoms with Crippen LogP contribution in [-0.4, -0.2) is 26.6 Å². The number of imidazole rings is 1. The van der Waals surface area contributed by atoms with Gasteiger partial charge in [-0.2, -0.15) is 0 Å². The van der Waals surface area contributed by atoms with Crippen molar-refractivity contribution in [3.8, 4) is 0 Å². The lowest BCUT2D eigenvalue weighted by atomic mass is 10.2. The second-order valence-corrected chi connectivity index (χ2v) is 3.68. The fourth-order valence-electron chi connectivity index (χ4n) is 1.63. The molecule has 0 fully saturated rings. The van der Waals surface area contributed by atoms with E-state index in [0.717, 1.165) is 29.3 Å². The zero-order valence-corrected chi connectivity index (χ0v) is 9.73. The standard InChI is InChI=1S/C11H15N5/c1-8-9(14-7-15-11(8)12-2)6-10-13-4-5-16(10)3/h4-5,7H,6H2,1-3H3,(H,12,14,15). The van der Waals surface area contributed by atoms with Gasteiger partial charge in [0.1, 0.15) is 18.0 Å². The number of hydrogen-bond donors (Lipinski definition) is 1. The van der Waals surface area contributed by atoms with Crippen LogP contribution in [0.2, 0.25) is 0 Å². The number of hydrogen-bond acceptors (Lipinski definition) is 4. The van der Waals surface area contributed by atoms with Crippen molar-refractivity contribution in [2.45, 2.75) is 13.3 Å². The van der Waals surface area contributed by atoms with Gasteiger partial charge >= 0.3 is 0 Å². The highest BCUT2D eigenvalue weighted by Crippen LogP contribution is 2.15. The SMILES string of the molecule is CNc1ncnc(Cc2nccn2C)c1C. The van der Waals surface area contributed by atoms with Crippen LogP contribution in [0.25, 0.3) is 0 Å². The van der Waals surface area contributed by atoms with Gasteiger partial charge in [0.15, 0.2) is 0 Å². The summed E-state index contributed by atoms with van der Waals surface area (Å²) in [6.45, 7) is 2.02. The van der Waals surface area contributed by atoms with Gasteiger partial charge in [-0.05, 0) is 6.92 Å². The second kappa shape index (κ2) is 4.30. The molecule has 2 aromatic rings. The zero-order chi connectivity index (χ0) is 11.5. The second-order valence-electron chi connectivity index (χ2n) is 3.68. The maximum Gasteiger partial charge on any atom is 0.132 e. The Morgan fingerprint density at radius 1 is 1.31 bits per heavy atom. The number of nitrogens with one attached hydrogen (secondary N) is 1. The Morgan fingerprint density at radius 3 is 2.75 bits per heavy atom. The van der Waals surface area contributed by atoms with E-state index in [9.17, 15) is 0 Å². The molecule has 0 saturated carbocycles. The Morgan fingerprint density at radius 2 is 2.12 bits per heavy atom. The minimum atomic E-state index is 0.729. The van der Waals surface area contributed by atoms with Crippen molar-refractivity contribution >= 4 is 5.82 Å². The summed E-state index contributed by atoms with van der Waals surface area (Å²) < 4.78 is 2.00. The van der Waals surface area contributed by atoms with Crippen LogP contribution >= 0.6 is 0 Å². The molecular weight excluding hydrogens is 202 g/mol. The smallest absolute Gasteiger partial charge is 0.132 e. The minimum Gasteiger partial charge on any atom is -0.373 e. The number of aromatic nitrogens is 4. The van der Waals surface area contributed by atoms with Gasteiger partial charge in [0.2, 0.25) is 0 Å². The molecule has 2 rings (SSSR count). The van der Waals surface area contributed by atoms with Gasteiger partial charge in [-0.25, -0.2) is 15.0 Å². The van der Waals surface area contributed by atoms with Gasteiger partial charge in [-0.3, -0.25) is 0 Å². The topological polar surface area (TPSA) is 55.6 Å². The first kappa shape index (κ1) is 10.6. The molecule has 0 radical (unpaired) electrons. The van der Waals surface area contributed by atoms with Crippen molar-refractivity contribution in [1.29, 1.82) is 0 Å². The van der Waals surface area contributed by atoms with E-state index in [1.54, 1.807) is 12.5 Å². The molecule has 0 aromatic carbocycles. The number of anilines is 1. The summed E-state index contributed by atoms with van der Waals surface area (Å²) in [5.41, 5.74) is 2.08. The highest BCUT2D eigenvalue weighted by atomic mass is 15.0. The van der Waals surface area contributed by atoms with Crippen molar-refractivity contribution in [1.82, 2.24) is 19.5 Å². The molecule has 1 N–H and O–H groups in total. The molecule has 84 valence electrons. The fraction of sp³-hybridized carbons (Fsp3) is 0.364. The van der Waals surface area contributed by atoms with Crippen molar-refractivity contribution in [3.63, 3.8) is 0 Å². The Hall–Kier alpha value is -1.91. The van der Waals surface area contributed by atoms with E-state index in [2.05, 4.69) is 20.3 Å². The molecule has 0 aliphatic heterocycles. The van der Waals surface area contributed by atoms with E-state index in [1.165, 1.54) is 0 Å². The van der Waals surface area contributed by atoms with Crippen molar-refractivity contribution in [2.75, 3.05) is 12.4 Å². The summed E-state index contributed by atoms with van der Waals surface area (Å²) >= 11 is 0. The Kier molecular flexibility index (Phi) is 2.85. The van der Waals surface area contributed by atoms with Gasteiger partial charge in [-0.15, -0.1) is 0 Å². The molecule has 0 aliphatic carbocycles. The maximum atomic E-state index is 4.30. The first-order valence-corrected chi connectivity index (χ1v) is 5.16. The summed E-state index contributed by atoms with van der Waals surface area (Å²) in [4.78, 5) is 12.7. The first-order valence-electron chi connectivity index (χ1n) is 5.16. The average Bonchev–Trinajstić information content (AvgIpc) is 2.68. The van der Waals surface area contributed by atoms with E-state index < -0.39 is 0 Å². The van der Waals surface area contributed by atoms with Crippen molar-refractivity contribution < 1.29 is 0 Å². The Balaban J connectivity index is 2.32. The van der Waals surface area contributed by atoms with E-state index in [0.29, 0.717) is 0 Å². The summed E-state index contributed by atoms with van der Waals surface area (Å²) in [5.74, 6) is 1.88. The maximum absolute atomic E-state index is 4.30. The van der Waals surface area contributed by atoms with Gasteiger partial charge in [0.05, 0.1) is 5.69 Å². The highest BCUT2D eigenvalue weighted by Gasteiger charge is 2.08. The predicted octanol–water partition coefficient (Wildman–Crippen LogP) is 1.15. The third-order valence-electron chi connectivity index (χ3n) is 2.67. The molecule has 5 heteroatoms. The molecule has 16 heavy (non-hydrogen) atoms. The lowest BCUT2D eigenvalue weighted by Gasteiger charge is -2.08. The van der Waals surface area contributed by atoms with Crippen LogP contribution in [0.5, 0.6) is 0 Å². The predicted molar refractivity (Wildman–Crippen MR) is 62.3 cm³/mol. The first-order chi connectivity index (χ1) is 7.72. The van der Waals surface area contributed by atoms with Gasteiger partial charge in [0, 0.05) is 38.5 Å². The largest absolute Gasteiger partial charge is 0.373 e. The summed E-state index contributed by atoms with van der Waals surface area (Å²) in [6, 6.07) is 0. The van der Waals surface area contributed by atoms with Gasteiger partial charge < -0.3 is 9.88 Å². The van der Waals surface area contributed by atoms with Gasteiger partial charge in [-0.1, -0.05) is 0 Å². The molecule has 0 amide bonds. The third-order valence-corrected chi connectivity index (χ3v) is 2.67. The van der Waals surface area contributed by atoms with E-state index in [4.69, 9.17) is 0 Å². The van der Waals surface area contributed by atoms with E-state index in [-0.39, 0.29) is 0 Å². The third kappa shape index (κ3) is 1.88. The number of nitrogens with zero attached hydrogens (tertiary/aromatic N) is 4. The van der Waals surface area contributed by atoms with Crippen LogP contribution in [0.15, 0.2) is 18.7 Å². The summed E-state index contributed by atoms with van der Waals surface area (Å²) in [5, 5.41) is 3.05. The normalized spacial score (nSPS) is 10.4. The van der Waals surface area contributed by atoms with E-state index >= 15 is 0 Å². The van der Waals surface area contributed by atoms with Crippen LogP contribution in [0.3, 0.4) is 0 Å². The van der Waals surface area contributed by atoms with E-state index in [1.807, 2.05) is 31.8 Å².